The van der Waals surface area contributed by atoms with Gasteiger partial charge in [0.2, 0.25) is 5.91 Å². The Hall–Kier alpha value is -2.44. The molecule has 1 spiro atoms. The minimum Gasteiger partial charge on any atom is -0.386 e. The minimum atomic E-state index is -0.550. The second kappa shape index (κ2) is 7.85. The van der Waals surface area contributed by atoms with Crippen LogP contribution in [-0.4, -0.2) is 46.1 Å². The van der Waals surface area contributed by atoms with Crippen LogP contribution in [0, 0.1) is 5.92 Å². The summed E-state index contributed by atoms with van der Waals surface area (Å²) in [7, 11) is 0. The minimum absolute atomic E-state index is 0.150. The van der Waals surface area contributed by atoms with Crippen molar-refractivity contribution in [2.24, 2.45) is 11.1 Å². The van der Waals surface area contributed by atoms with Crippen molar-refractivity contribution in [2.75, 3.05) is 13.1 Å². The summed E-state index contributed by atoms with van der Waals surface area (Å²) in [4.78, 5) is 36.3. The van der Waals surface area contributed by atoms with Gasteiger partial charge in [0.05, 0.1) is 6.54 Å². The van der Waals surface area contributed by atoms with E-state index < -0.39 is 5.60 Å². The van der Waals surface area contributed by atoms with Gasteiger partial charge in [0, 0.05) is 38.3 Å². The van der Waals surface area contributed by atoms with Gasteiger partial charge < -0.3 is 15.1 Å². The van der Waals surface area contributed by atoms with E-state index in [2.05, 4.69) is 15.5 Å². The van der Waals surface area contributed by atoms with Crippen molar-refractivity contribution < 1.29 is 14.4 Å². The van der Waals surface area contributed by atoms with E-state index in [0.717, 1.165) is 24.9 Å². The first-order valence-electron chi connectivity index (χ1n) is 9.17. The SMILES string of the molecule is CC(C)CC(=O)N1CCCC2(CC(C(=O)NCc3cccnc3)=NO2)C1. The number of hydrogen-bond acceptors (Lipinski definition) is 5. The third-order valence-corrected chi connectivity index (χ3v) is 4.75. The van der Waals surface area contributed by atoms with Gasteiger partial charge in [-0.25, -0.2) is 0 Å². The summed E-state index contributed by atoms with van der Waals surface area (Å²) in [5, 5.41) is 6.88. The number of nitrogens with one attached hydrogen (secondary N) is 1. The zero-order chi connectivity index (χ0) is 18.6. The third-order valence-electron chi connectivity index (χ3n) is 4.75. The molecule has 1 N–H and O–H groups in total. The molecule has 2 aliphatic rings. The molecule has 7 nitrogen and oxygen atoms in total. The third kappa shape index (κ3) is 4.39. The van der Waals surface area contributed by atoms with Crippen LogP contribution in [0.2, 0.25) is 0 Å². The standard InChI is InChI=1S/C19H26N4O3/c1-14(2)9-17(24)23-8-4-6-19(13-23)10-16(22-26-19)18(25)21-12-15-5-3-7-20-11-15/h3,5,7,11,14H,4,6,8-10,12-13H2,1-2H3,(H,21,25). The van der Waals surface area contributed by atoms with E-state index in [9.17, 15) is 9.59 Å². The second-order valence-electron chi connectivity index (χ2n) is 7.55. The van der Waals surface area contributed by atoms with Gasteiger partial charge in [-0.05, 0) is 30.4 Å². The molecule has 140 valence electrons. The van der Waals surface area contributed by atoms with E-state index in [1.54, 1.807) is 12.4 Å². The van der Waals surface area contributed by atoms with Crippen molar-refractivity contribution in [1.82, 2.24) is 15.2 Å². The maximum atomic E-state index is 12.4. The Balaban J connectivity index is 1.54. The van der Waals surface area contributed by atoms with Crippen molar-refractivity contribution in [2.45, 2.75) is 51.7 Å². The summed E-state index contributed by atoms with van der Waals surface area (Å²) in [5.74, 6) is 0.253. The fraction of sp³-hybridized carbons (Fsp3) is 0.579. The molecule has 0 aromatic carbocycles. The lowest BCUT2D eigenvalue weighted by Gasteiger charge is -2.38. The normalized spacial score (nSPS) is 22.3. The first-order valence-corrected chi connectivity index (χ1v) is 9.17. The monoisotopic (exact) mass is 358 g/mol. The molecule has 0 saturated carbocycles. The molecule has 0 bridgehead atoms. The van der Waals surface area contributed by atoms with Gasteiger partial charge in [0.25, 0.3) is 5.91 Å². The number of carbonyl (C=O) groups excluding carboxylic acids is 2. The lowest BCUT2D eigenvalue weighted by atomic mass is 9.87. The predicted octanol–water partition coefficient (Wildman–Crippen LogP) is 1.88. The Kier molecular flexibility index (Phi) is 5.54. The van der Waals surface area contributed by atoms with Gasteiger partial charge >= 0.3 is 0 Å². The van der Waals surface area contributed by atoms with Crippen LogP contribution in [0.5, 0.6) is 0 Å². The highest BCUT2D eigenvalue weighted by molar-refractivity contribution is 6.39. The molecule has 1 fully saturated rings. The Labute approximate surface area is 153 Å². The molecule has 2 aliphatic heterocycles. The zero-order valence-electron chi connectivity index (χ0n) is 15.4. The van der Waals surface area contributed by atoms with E-state index in [0.29, 0.717) is 37.6 Å². The molecule has 1 aromatic rings. The van der Waals surface area contributed by atoms with Crippen molar-refractivity contribution >= 4 is 17.5 Å². The number of nitrogens with zero attached hydrogens (tertiary/aromatic N) is 3. The van der Waals surface area contributed by atoms with E-state index in [-0.39, 0.29) is 11.8 Å². The molecule has 7 heteroatoms. The van der Waals surface area contributed by atoms with Crippen molar-refractivity contribution in [3.63, 3.8) is 0 Å². The van der Waals surface area contributed by atoms with Crippen LogP contribution in [0.25, 0.3) is 0 Å². The van der Waals surface area contributed by atoms with Crippen molar-refractivity contribution in [3.05, 3.63) is 30.1 Å². The predicted molar refractivity (Wildman–Crippen MR) is 97.2 cm³/mol. The number of pyridine rings is 1. The Morgan fingerprint density at radius 1 is 1.42 bits per heavy atom. The number of aromatic nitrogens is 1. The number of piperidine rings is 1. The van der Waals surface area contributed by atoms with E-state index in [1.165, 1.54) is 0 Å². The topological polar surface area (TPSA) is 83.9 Å². The van der Waals surface area contributed by atoms with Crippen LogP contribution in [0.1, 0.15) is 45.1 Å². The lowest BCUT2D eigenvalue weighted by Crippen LogP contribution is -2.51. The van der Waals surface area contributed by atoms with Gasteiger partial charge in [-0.1, -0.05) is 25.1 Å². The molecular weight excluding hydrogens is 332 g/mol. The quantitative estimate of drug-likeness (QED) is 0.871. The first-order chi connectivity index (χ1) is 12.5. The Bertz CT molecular complexity index is 689. The van der Waals surface area contributed by atoms with Crippen LogP contribution in [0.3, 0.4) is 0 Å². The van der Waals surface area contributed by atoms with E-state index >= 15 is 0 Å². The molecule has 2 amide bonds. The average Bonchev–Trinajstić information content (AvgIpc) is 3.03. The molecule has 26 heavy (non-hydrogen) atoms. The largest absolute Gasteiger partial charge is 0.386 e. The summed E-state index contributed by atoms with van der Waals surface area (Å²) in [6.45, 7) is 5.73. The summed E-state index contributed by atoms with van der Waals surface area (Å²) in [6.07, 6.45) is 6.06. The van der Waals surface area contributed by atoms with Crippen LogP contribution in [-0.2, 0) is 21.0 Å². The maximum Gasteiger partial charge on any atom is 0.269 e. The summed E-state index contributed by atoms with van der Waals surface area (Å²) < 4.78 is 0. The number of likely N-dealkylation sites (tertiary alicyclic amines) is 1. The molecule has 3 rings (SSSR count). The highest BCUT2D eigenvalue weighted by atomic mass is 16.7. The van der Waals surface area contributed by atoms with Crippen molar-refractivity contribution in [3.8, 4) is 0 Å². The Morgan fingerprint density at radius 2 is 2.27 bits per heavy atom. The fourth-order valence-corrected chi connectivity index (χ4v) is 3.44. The summed E-state index contributed by atoms with van der Waals surface area (Å²) >= 11 is 0. The molecule has 1 unspecified atom stereocenters. The molecule has 0 radical (unpaired) electrons. The van der Waals surface area contributed by atoms with Crippen LogP contribution in [0.15, 0.2) is 29.7 Å². The van der Waals surface area contributed by atoms with Gasteiger partial charge in [-0.15, -0.1) is 0 Å². The molecule has 1 atom stereocenters. The van der Waals surface area contributed by atoms with Gasteiger partial charge in [0.15, 0.2) is 5.60 Å². The summed E-state index contributed by atoms with van der Waals surface area (Å²) in [5.41, 5.74) is 0.775. The summed E-state index contributed by atoms with van der Waals surface area (Å²) in [6, 6.07) is 3.73. The number of oxime groups is 1. The highest BCUT2D eigenvalue weighted by Gasteiger charge is 2.45. The smallest absolute Gasteiger partial charge is 0.269 e. The van der Waals surface area contributed by atoms with Gasteiger partial charge in [0.1, 0.15) is 5.71 Å². The maximum absolute atomic E-state index is 12.4. The number of rotatable bonds is 5. The van der Waals surface area contributed by atoms with Crippen LogP contribution in [0.4, 0.5) is 0 Å². The van der Waals surface area contributed by atoms with Crippen molar-refractivity contribution in [1.29, 1.82) is 0 Å². The Morgan fingerprint density at radius 3 is 3.00 bits per heavy atom. The molecule has 1 saturated heterocycles. The lowest BCUT2D eigenvalue weighted by molar-refractivity contribution is -0.141. The molecule has 1 aromatic heterocycles. The zero-order valence-corrected chi connectivity index (χ0v) is 15.4. The number of hydrogen-bond donors (Lipinski definition) is 1. The molecular formula is C19H26N4O3. The highest BCUT2D eigenvalue weighted by Crippen LogP contribution is 2.33. The first kappa shape index (κ1) is 18.4. The average molecular weight is 358 g/mol. The molecule has 0 aliphatic carbocycles. The van der Waals surface area contributed by atoms with Gasteiger partial charge in [-0.2, -0.15) is 0 Å². The second-order valence-corrected chi connectivity index (χ2v) is 7.55. The van der Waals surface area contributed by atoms with E-state index in [4.69, 9.17) is 4.84 Å². The van der Waals surface area contributed by atoms with E-state index in [1.807, 2.05) is 30.9 Å². The van der Waals surface area contributed by atoms with Crippen LogP contribution < -0.4 is 5.32 Å². The number of amides is 2. The fourth-order valence-electron chi connectivity index (χ4n) is 3.44. The molecule has 3 heterocycles. The van der Waals surface area contributed by atoms with Gasteiger partial charge in [-0.3, -0.25) is 14.6 Å². The van der Waals surface area contributed by atoms with Crippen LogP contribution >= 0.6 is 0 Å². The number of carbonyl (C=O) groups is 2.